The van der Waals surface area contributed by atoms with Crippen LogP contribution in [0.15, 0.2) is 36.8 Å². The maximum Gasteiger partial charge on any atom is 0.435 e. The number of nitrogen functional groups attached to an aromatic ring is 1. The molecule has 0 amide bonds. The highest BCUT2D eigenvalue weighted by Crippen LogP contribution is 2.28. The van der Waals surface area contributed by atoms with Crippen LogP contribution < -0.4 is 5.73 Å². The van der Waals surface area contributed by atoms with Gasteiger partial charge in [0.15, 0.2) is 11.5 Å². The van der Waals surface area contributed by atoms with Crippen molar-refractivity contribution in [2.75, 3.05) is 5.73 Å². The second kappa shape index (κ2) is 4.19. The highest BCUT2D eigenvalue weighted by Gasteiger charge is 2.33. The average Bonchev–Trinajstić information content (AvgIpc) is 2.87. The van der Waals surface area contributed by atoms with Gasteiger partial charge in [0.2, 0.25) is 0 Å². The standard InChI is InChI=1S/C12H8F3N5/c13-12(14,15)10-3-4-20(19-10)11-8-2-1-7(16)5-9(8)17-6-18-11/h1-6H,16H2. The quantitative estimate of drug-likeness (QED) is 0.694. The number of rotatable bonds is 1. The van der Waals surface area contributed by atoms with E-state index in [1.54, 1.807) is 18.2 Å². The van der Waals surface area contributed by atoms with Crippen LogP contribution in [0.1, 0.15) is 5.69 Å². The zero-order valence-corrected chi connectivity index (χ0v) is 9.96. The topological polar surface area (TPSA) is 69.6 Å². The molecule has 0 aliphatic carbocycles. The largest absolute Gasteiger partial charge is 0.435 e. The molecule has 1 aromatic carbocycles. The lowest BCUT2D eigenvalue weighted by atomic mass is 10.2. The fourth-order valence-corrected chi connectivity index (χ4v) is 1.84. The van der Waals surface area contributed by atoms with Crippen LogP contribution in [-0.2, 0) is 6.18 Å². The number of aromatic nitrogens is 4. The Morgan fingerprint density at radius 3 is 2.60 bits per heavy atom. The molecule has 8 heteroatoms. The van der Waals surface area contributed by atoms with Crippen LogP contribution in [0.2, 0.25) is 0 Å². The number of benzene rings is 1. The Balaban J connectivity index is 2.17. The molecule has 2 heterocycles. The van der Waals surface area contributed by atoms with Crippen LogP contribution in [0, 0.1) is 0 Å². The fourth-order valence-electron chi connectivity index (χ4n) is 1.84. The van der Waals surface area contributed by atoms with E-state index in [4.69, 9.17) is 5.73 Å². The van der Waals surface area contributed by atoms with E-state index in [1.165, 1.54) is 12.5 Å². The van der Waals surface area contributed by atoms with E-state index in [1.807, 2.05) is 0 Å². The van der Waals surface area contributed by atoms with Crippen LogP contribution >= 0.6 is 0 Å². The summed E-state index contributed by atoms with van der Waals surface area (Å²) in [5.41, 5.74) is 5.72. The van der Waals surface area contributed by atoms with Crippen LogP contribution in [0.3, 0.4) is 0 Å². The van der Waals surface area contributed by atoms with Crippen molar-refractivity contribution in [3.05, 3.63) is 42.5 Å². The van der Waals surface area contributed by atoms with Gasteiger partial charge in [-0.15, -0.1) is 0 Å². The summed E-state index contributed by atoms with van der Waals surface area (Å²) in [5.74, 6) is 0.269. The number of anilines is 1. The van der Waals surface area contributed by atoms with Crippen molar-refractivity contribution in [2.45, 2.75) is 6.18 Å². The van der Waals surface area contributed by atoms with Gasteiger partial charge in [-0.3, -0.25) is 0 Å². The van der Waals surface area contributed by atoms with E-state index in [2.05, 4.69) is 15.1 Å². The SMILES string of the molecule is Nc1ccc2c(-n3ccc(C(F)(F)F)n3)ncnc2c1. The third-order valence-corrected chi connectivity index (χ3v) is 2.74. The van der Waals surface area contributed by atoms with E-state index in [0.29, 0.717) is 16.6 Å². The van der Waals surface area contributed by atoms with Gasteiger partial charge in [-0.05, 0) is 24.3 Å². The van der Waals surface area contributed by atoms with Gasteiger partial charge in [0.05, 0.1) is 5.52 Å². The molecule has 0 atom stereocenters. The molecular weight excluding hydrogens is 271 g/mol. The molecule has 2 N–H and O–H groups in total. The summed E-state index contributed by atoms with van der Waals surface area (Å²) < 4.78 is 38.7. The lowest BCUT2D eigenvalue weighted by Gasteiger charge is -2.06. The monoisotopic (exact) mass is 279 g/mol. The summed E-state index contributed by atoms with van der Waals surface area (Å²) in [6.45, 7) is 0. The Labute approximate surface area is 110 Å². The zero-order chi connectivity index (χ0) is 14.3. The van der Waals surface area contributed by atoms with Crippen molar-refractivity contribution in [1.82, 2.24) is 19.7 Å². The first-order valence-electron chi connectivity index (χ1n) is 5.58. The summed E-state index contributed by atoms with van der Waals surface area (Å²) in [6.07, 6.45) is -2.02. The molecule has 102 valence electrons. The van der Waals surface area contributed by atoms with Gasteiger partial charge in [0.25, 0.3) is 0 Å². The Kier molecular flexibility index (Phi) is 2.60. The number of alkyl halides is 3. The molecule has 0 saturated heterocycles. The molecule has 3 rings (SSSR count). The fraction of sp³-hybridized carbons (Fsp3) is 0.0833. The molecular formula is C12H8F3N5. The van der Waals surface area contributed by atoms with Gasteiger partial charge in [-0.2, -0.15) is 18.3 Å². The summed E-state index contributed by atoms with van der Waals surface area (Å²) >= 11 is 0. The molecule has 3 aromatic rings. The van der Waals surface area contributed by atoms with Crippen LogP contribution in [0.4, 0.5) is 18.9 Å². The molecule has 5 nitrogen and oxygen atoms in total. The van der Waals surface area contributed by atoms with Gasteiger partial charge in [-0.1, -0.05) is 0 Å². The number of nitrogens with two attached hydrogens (primary N) is 1. The van der Waals surface area contributed by atoms with Crippen molar-refractivity contribution in [3.63, 3.8) is 0 Å². The second-order valence-corrected chi connectivity index (χ2v) is 4.12. The molecule has 0 aliphatic heterocycles. The Bertz CT molecular complexity index is 778. The predicted octanol–water partition coefficient (Wildman–Crippen LogP) is 2.42. The Morgan fingerprint density at radius 1 is 1.10 bits per heavy atom. The van der Waals surface area contributed by atoms with Crippen molar-refractivity contribution in [3.8, 4) is 5.82 Å². The molecule has 0 fully saturated rings. The minimum atomic E-state index is -4.49. The van der Waals surface area contributed by atoms with Gasteiger partial charge >= 0.3 is 6.18 Å². The first-order chi connectivity index (χ1) is 9.45. The van der Waals surface area contributed by atoms with Crippen molar-refractivity contribution in [1.29, 1.82) is 0 Å². The molecule has 0 unspecified atom stereocenters. The summed E-state index contributed by atoms with van der Waals surface area (Å²) in [7, 11) is 0. The van der Waals surface area contributed by atoms with Crippen LogP contribution in [0.5, 0.6) is 0 Å². The molecule has 0 spiro atoms. The molecule has 0 bridgehead atoms. The van der Waals surface area contributed by atoms with Crippen molar-refractivity contribution in [2.24, 2.45) is 0 Å². The smallest absolute Gasteiger partial charge is 0.399 e. The Morgan fingerprint density at radius 2 is 1.90 bits per heavy atom. The molecule has 0 saturated carbocycles. The second-order valence-electron chi connectivity index (χ2n) is 4.12. The van der Waals surface area contributed by atoms with E-state index >= 15 is 0 Å². The number of nitrogens with zero attached hydrogens (tertiary/aromatic N) is 4. The number of fused-ring (bicyclic) bond motifs is 1. The first kappa shape index (κ1) is 12.4. The lowest BCUT2D eigenvalue weighted by molar-refractivity contribution is -0.141. The highest BCUT2D eigenvalue weighted by atomic mass is 19.4. The Hall–Kier alpha value is -2.64. The van der Waals surface area contributed by atoms with Gasteiger partial charge in [-0.25, -0.2) is 14.6 Å². The normalized spacial score (nSPS) is 11.9. The maximum atomic E-state index is 12.6. The minimum Gasteiger partial charge on any atom is -0.399 e. The van der Waals surface area contributed by atoms with Crippen LogP contribution in [0.25, 0.3) is 16.7 Å². The van der Waals surface area contributed by atoms with E-state index < -0.39 is 11.9 Å². The first-order valence-corrected chi connectivity index (χ1v) is 5.58. The lowest BCUT2D eigenvalue weighted by Crippen LogP contribution is -2.08. The summed E-state index contributed by atoms with van der Waals surface area (Å²) in [5, 5.41) is 4.06. The number of halogens is 3. The van der Waals surface area contributed by atoms with Crippen LogP contribution in [-0.4, -0.2) is 19.7 Å². The molecule has 0 radical (unpaired) electrons. The average molecular weight is 279 g/mol. The van der Waals surface area contributed by atoms with Gasteiger partial charge in [0.1, 0.15) is 6.33 Å². The van der Waals surface area contributed by atoms with E-state index in [0.717, 1.165) is 10.7 Å². The van der Waals surface area contributed by atoms with E-state index in [-0.39, 0.29) is 5.82 Å². The van der Waals surface area contributed by atoms with Crippen molar-refractivity contribution < 1.29 is 13.2 Å². The third kappa shape index (κ3) is 2.04. The van der Waals surface area contributed by atoms with Gasteiger partial charge < -0.3 is 5.73 Å². The molecule has 20 heavy (non-hydrogen) atoms. The van der Waals surface area contributed by atoms with Crippen molar-refractivity contribution >= 4 is 16.6 Å². The predicted molar refractivity (Wildman–Crippen MR) is 66.1 cm³/mol. The number of hydrogen-bond acceptors (Lipinski definition) is 4. The highest BCUT2D eigenvalue weighted by molar-refractivity contribution is 5.87. The molecule has 0 aliphatic rings. The zero-order valence-electron chi connectivity index (χ0n) is 9.96. The third-order valence-electron chi connectivity index (χ3n) is 2.74. The summed E-state index contributed by atoms with van der Waals surface area (Å²) in [6, 6.07) is 5.79. The number of hydrogen-bond donors (Lipinski definition) is 1. The minimum absolute atomic E-state index is 0.269. The van der Waals surface area contributed by atoms with E-state index in [9.17, 15) is 13.2 Å². The maximum absolute atomic E-state index is 12.6. The van der Waals surface area contributed by atoms with Gasteiger partial charge in [0, 0.05) is 17.3 Å². The summed E-state index contributed by atoms with van der Waals surface area (Å²) in [4.78, 5) is 8.01. The molecule has 2 aromatic heterocycles.